The fourth-order valence-corrected chi connectivity index (χ4v) is 3.67. The summed E-state index contributed by atoms with van der Waals surface area (Å²) in [6.07, 6.45) is 1.71. The number of carbonyl (C=O) groups is 2. The van der Waals surface area contributed by atoms with Crippen molar-refractivity contribution in [3.8, 4) is 17.0 Å². The number of carboxylic acids is 1. The number of aromatic nitrogens is 2. The van der Waals surface area contributed by atoms with Crippen molar-refractivity contribution in [1.82, 2.24) is 15.1 Å². The third-order valence-electron chi connectivity index (χ3n) is 5.93. The number of hydrogen-bond donors (Lipinski definition) is 2. The predicted molar refractivity (Wildman–Crippen MR) is 141 cm³/mol. The van der Waals surface area contributed by atoms with E-state index in [0.29, 0.717) is 24.5 Å². The highest BCUT2D eigenvalue weighted by molar-refractivity contribution is 5.93. The average molecular weight is 490 g/mol. The number of ether oxygens (including phenoxy) is 1. The third-order valence-corrected chi connectivity index (χ3v) is 5.93. The van der Waals surface area contributed by atoms with Crippen LogP contribution in [0.15, 0.2) is 61.2 Å². The fourth-order valence-electron chi connectivity index (χ4n) is 3.67. The van der Waals surface area contributed by atoms with Gasteiger partial charge < -0.3 is 15.2 Å². The monoisotopic (exact) mass is 489 g/mol. The summed E-state index contributed by atoms with van der Waals surface area (Å²) in [5.41, 5.74) is 3.71. The van der Waals surface area contributed by atoms with Gasteiger partial charge in [-0.25, -0.2) is 4.79 Å². The lowest BCUT2D eigenvalue weighted by Gasteiger charge is -2.23. The topological polar surface area (TPSA) is 93.5 Å². The molecule has 0 bridgehead atoms. The molecule has 1 aromatic heterocycles. The number of hydrogen-bond acceptors (Lipinski definition) is 4. The van der Waals surface area contributed by atoms with E-state index in [4.69, 9.17) is 4.74 Å². The molecule has 1 amide bonds. The number of carbonyl (C=O) groups excluding carboxylic acids is 1. The van der Waals surface area contributed by atoms with Crippen molar-refractivity contribution in [2.75, 3.05) is 0 Å². The van der Waals surface area contributed by atoms with Gasteiger partial charge in [-0.15, -0.1) is 6.58 Å². The third kappa shape index (κ3) is 6.22. The second-order valence-corrected chi connectivity index (χ2v) is 10.4. The van der Waals surface area contributed by atoms with Crippen LogP contribution in [0, 0.1) is 6.92 Å². The molecule has 0 saturated heterocycles. The molecular weight excluding hydrogens is 454 g/mol. The summed E-state index contributed by atoms with van der Waals surface area (Å²) in [5.74, 6) is -0.797. The summed E-state index contributed by atoms with van der Waals surface area (Å²) >= 11 is 0. The average Bonchev–Trinajstić information content (AvgIpc) is 3.23. The fraction of sp³-hybridized carbons (Fsp3) is 0.345. The molecule has 0 unspecified atom stereocenters. The van der Waals surface area contributed by atoms with E-state index in [1.165, 1.54) is 19.4 Å². The van der Waals surface area contributed by atoms with E-state index in [0.717, 1.165) is 22.4 Å². The second kappa shape index (κ2) is 10.4. The number of nitrogens with zero attached hydrogens (tertiary/aromatic N) is 2. The van der Waals surface area contributed by atoms with Gasteiger partial charge in [0.05, 0.1) is 12.2 Å². The molecular formula is C29H35N3O4. The van der Waals surface area contributed by atoms with Crippen molar-refractivity contribution in [3.63, 3.8) is 0 Å². The summed E-state index contributed by atoms with van der Waals surface area (Å²) in [7, 11) is 0. The molecule has 7 nitrogen and oxygen atoms in total. The molecule has 0 fully saturated rings. The molecule has 0 spiro atoms. The molecule has 1 heterocycles. The number of aliphatic carboxylic acids is 1. The number of rotatable bonds is 9. The Morgan fingerprint density at radius 2 is 1.75 bits per heavy atom. The molecule has 0 atom stereocenters. The van der Waals surface area contributed by atoms with Crippen molar-refractivity contribution >= 4 is 11.9 Å². The lowest BCUT2D eigenvalue weighted by molar-refractivity contribution is -0.152. The van der Waals surface area contributed by atoms with Gasteiger partial charge in [-0.3, -0.25) is 9.48 Å². The molecule has 0 aliphatic carbocycles. The van der Waals surface area contributed by atoms with Gasteiger partial charge in [-0.2, -0.15) is 5.10 Å². The molecule has 190 valence electrons. The summed E-state index contributed by atoms with van der Waals surface area (Å²) < 4.78 is 7.29. The molecule has 0 saturated carbocycles. The SMILES string of the molecule is C=CCn1nc(-c2ccc(C(C)(C)C)cc2)cc1C(=O)NCc1ccc(OC(C)(C)C(=O)O)c(C)c1. The lowest BCUT2D eigenvalue weighted by atomic mass is 9.86. The van der Waals surface area contributed by atoms with Gasteiger partial charge in [0.1, 0.15) is 11.4 Å². The molecule has 7 heteroatoms. The highest BCUT2D eigenvalue weighted by Crippen LogP contribution is 2.27. The summed E-state index contributed by atoms with van der Waals surface area (Å²) in [4.78, 5) is 24.4. The Labute approximate surface area is 212 Å². The van der Waals surface area contributed by atoms with Gasteiger partial charge in [0.25, 0.3) is 5.91 Å². The van der Waals surface area contributed by atoms with Crippen LogP contribution < -0.4 is 10.1 Å². The summed E-state index contributed by atoms with van der Waals surface area (Å²) in [5, 5.41) is 16.9. The quantitative estimate of drug-likeness (QED) is 0.386. The van der Waals surface area contributed by atoms with Crippen LogP contribution in [-0.2, 0) is 23.3 Å². The van der Waals surface area contributed by atoms with Crippen molar-refractivity contribution in [2.24, 2.45) is 0 Å². The smallest absolute Gasteiger partial charge is 0.347 e. The number of amides is 1. The number of allylic oxidation sites excluding steroid dienone is 1. The zero-order chi connectivity index (χ0) is 26.7. The molecule has 2 aromatic carbocycles. The lowest BCUT2D eigenvalue weighted by Crippen LogP contribution is -2.38. The van der Waals surface area contributed by atoms with Crippen LogP contribution in [0.4, 0.5) is 0 Å². The first kappa shape index (κ1) is 26.7. The zero-order valence-electron chi connectivity index (χ0n) is 21.9. The zero-order valence-corrected chi connectivity index (χ0v) is 21.9. The maximum atomic E-state index is 13.1. The molecule has 0 aliphatic rings. The Balaban J connectivity index is 1.75. The Morgan fingerprint density at radius 3 is 2.31 bits per heavy atom. The van der Waals surface area contributed by atoms with Crippen molar-refractivity contribution in [3.05, 3.63) is 83.6 Å². The van der Waals surface area contributed by atoms with Crippen molar-refractivity contribution < 1.29 is 19.4 Å². The highest BCUT2D eigenvalue weighted by Gasteiger charge is 2.30. The maximum absolute atomic E-state index is 13.1. The van der Waals surface area contributed by atoms with Gasteiger partial charge in [-0.1, -0.05) is 63.2 Å². The van der Waals surface area contributed by atoms with Gasteiger partial charge in [0.2, 0.25) is 0 Å². The molecule has 36 heavy (non-hydrogen) atoms. The van der Waals surface area contributed by atoms with E-state index < -0.39 is 11.6 Å². The molecule has 0 aliphatic heterocycles. The van der Waals surface area contributed by atoms with E-state index in [2.05, 4.69) is 49.9 Å². The van der Waals surface area contributed by atoms with Crippen LogP contribution >= 0.6 is 0 Å². The van der Waals surface area contributed by atoms with E-state index in [1.807, 2.05) is 31.2 Å². The van der Waals surface area contributed by atoms with Gasteiger partial charge >= 0.3 is 5.97 Å². The Kier molecular flexibility index (Phi) is 7.72. The first-order chi connectivity index (χ1) is 16.8. The van der Waals surface area contributed by atoms with Crippen LogP contribution in [0.3, 0.4) is 0 Å². The number of nitrogens with one attached hydrogen (secondary N) is 1. The molecule has 0 radical (unpaired) electrons. The Bertz CT molecular complexity index is 1260. The molecule has 3 rings (SSSR count). The molecule has 3 aromatic rings. The van der Waals surface area contributed by atoms with E-state index in [-0.39, 0.29) is 11.3 Å². The number of benzene rings is 2. The first-order valence-electron chi connectivity index (χ1n) is 11.9. The van der Waals surface area contributed by atoms with Gasteiger partial charge in [0, 0.05) is 12.1 Å². The van der Waals surface area contributed by atoms with Crippen LogP contribution in [0.25, 0.3) is 11.3 Å². The maximum Gasteiger partial charge on any atom is 0.347 e. The second-order valence-electron chi connectivity index (χ2n) is 10.4. The Morgan fingerprint density at radius 1 is 1.08 bits per heavy atom. The van der Waals surface area contributed by atoms with Crippen LogP contribution in [0.1, 0.15) is 61.8 Å². The predicted octanol–water partition coefficient (Wildman–Crippen LogP) is 5.51. The summed E-state index contributed by atoms with van der Waals surface area (Å²) in [6.45, 7) is 15.8. The van der Waals surface area contributed by atoms with E-state index in [9.17, 15) is 14.7 Å². The minimum Gasteiger partial charge on any atom is -0.478 e. The minimum absolute atomic E-state index is 0.0565. The normalized spacial score (nSPS) is 11.7. The standard InChI is InChI=1S/C29H35N3O4/c1-8-15-32-24(17-23(31-32)21-10-12-22(13-11-21)28(3,4)5)26(33)30-18-20-9-14-25(19(2)16-20)36-29(6,7)27(34)35/h8-14,16-17H,1,15,18H2,2-7H3,(H,30,33)(H,34,35). The van der Waals surface area contributed by atoms with Crippen LogP contribution in [-0.4, -0.2) is 32.4 Å². The van der Waals surface area contributed by atoms with E-state index in [1.54, 1.807) is 22.9 Å². The highest BCUT2D eigenvalue weighted by atomic mass is 16.5. The Hall–Kier alpha value is -3.87. The molecule has 2 N–H and O–H groups in total. The minimum atomic E-state index is -1.34. The van der Waals surface area contributed by atoms with E-state index >= 15 is 0 Å². The number of carboxylic acid groups (broad SMARTS) is 1. The van der Waals surface area contributed by atoms with Crippen LogP contribution in [0.2, 0.25) is 0 Å². The summed E-state index contributed by atoms with van der Waals surface area (Å²) in [6, 6.07) is 15.4. The van der Waals surface area contributed by atoms with Gasteiger partial charge in [-0.05, 0) is 55.0 Å². The number of aryl methyl sites for hydroxylation is 1. The van der Waals surface area contributed by atoms with Crippen LogP contribution in [0.5, 0.6) is 5.75 Å². The van der Waals surface area contributed by atoms with Crippen molar-refractivity contribution in [2.45, 2.75) is 65.6 Å². The van der Waals surface area contributed by atoms with Gasteiger partial charge in [0.15, 0.2) is 5.60 Å². The largest absolute Gasteiger partial charge is 0.478 e. The first-order valence-corrected chi connectivity index (χ1v) is 11.9. The van der Waals surface area contributed by atoms with Crippen molar-refractivity contribution in [1.29, 1.82) is 0 Å².